The molecule has 1 aromatic rings. The monoisotopic (exact) mass is 413 g/mol. The molecule has 1 saturated carbocycles. The number of hydrogen-bond acceptors (Lipinski definition) is 7. The Hall–Kier alpha value is -1.38. The second kappa shape index (κ2) is 13.8. The van der Waals surface area contributed by atoms with Crippen molar-refractivity contribution >= 4 is 0 Å². The molecule has 7 heteroatoms. The number of benzene rings is 1. The molecule has 0 saturated heterocycles. The highest BCUT2D eigenvalue weighted by Gasteiger charge is 2.36. The molecule has 5 N–H and O–H groups in total. The fourth-order valence-corrected chi connectivity index (χ4v) is 3.72. The molecule has 3 atom stereocenters. The summed E-state index contributed by atoms with van der Waals surface area (Å²) in [6.07, 6.45) is 6.14. The van der Waals surface area contributed by atoms with Crippen LogP contribution >= 0.6 is 0 Å². The molecule has 0 bridgehead atoms. The Labute approximate surface area is 174 Å². The number of fused-ring (bicyclic) bond motifs is 1. The average Bonchev–Trinajstić information content (AvgIpc) is 3.19. The molecular formula is C22H39NO6. The van der Waals surface area contributed by atoms with Gasteiger partial charge in [0.1, 0.15) is 6.61 Å². The minimum Gasteiger partial charge on any atom is -0.486 e. The number of aliphatic hydroxyl groups is 3. The number of rotatable bonds is 8. The molecule has 2 aliphatic rings. The summed E-state index contributed by atoms with van der Waals surface area (Å²) in [5, 5.41) is 23.4. The quantitative estimate of drug-likeness (QED) is 0.483. The Bertz CT molecular complexity index is 570. The van der Waals surface area contributed by atoms with E-state index in [2.05, 4.69) is 19.1 Å². The van der Waals surface area contributed by atoms with Gasteiger partial charge < -0.3 is 35.3 Å². The van der Waals surface area contributed by atoms with E-state index in [1.807, 2.05) is 6.07 Å². The molecule has 3 unspecified atom stereocenters. The van der Waals surface area contributed by atoms with Crippen LogP contribution in [0.15, 0.2) is 18.2 Å². The Balaban J connectivity index is 0.000000989. The molecule has 29 heavy (non-hydrogen) atoms. The average molecular weight is 414 g/mol. The van der Waals surface area contributed by atoms with Gasteiger partial charge in [-0.15, -0.1) is 0 Å². The molecule has 1 aromatic carbocycles. The van der Waals surface area contributed by atoms with Crippen LogP contribution in [0.1, 0.15) is 56.9 Å². The van der Waals surface area contributed by atoms with Gasteiger partial charge in [0.15, 0.2) is 17.6 Å². The van der Waals surface area contributed by atoms with Crippen molar-refractivity contribution in [3.63, 3.8) is 0 Å². The van der Waals surface area contributed by atoms with Gasteiger partial charge in [0, 0.05) is 26.4 Å². The Morgan fingerprint density at radius 1 is 1.17 bits per heavy atom. The summed E-state index contributed by atoms with van der Waals surface area (Å²) in [6.45, 7) is 4.11. The van der Waals surface area contributed by atoms with Crippen LogP contribution in [0.3, 0.4) is 0 Å². The smallest absolute Gasteiger partial charge is 0.161 e. The van der Waals surface area contributed by atoms with Crippen LogP contribution in [-0.2, 0) is 4.74 Å². The molecule has 0 aromatic heterocycles. The highest BCUT2D eigenvalue weighted by Crippen LogP contribution is 2.42. The fourth-order valence-electron chi connectivity index (χ4n) is 3.72. The predicted octanol–water partition coefficient (Wildman–Crippen LogP) is 2.21. The first-order valence-electron chi connectivity index (χ1n) is 10.4. The van der Waals surface area contributed by atoms with E-state index >= 15 is 0 Å². The highest BCUT2D eigenvalue weighted by molar-refractivity contribution is 5.45. The van der Waals surface area contributed by atoms with Crippen molar-refractivity contribution in [2.75, 3.05) is 40.6 Å². The summed E-state index contributed by atoms with van der Waals surface area (Å²) in [5.74, 6) is 1.97. The zero-order valence-electron chi connectivity index (χ0n) is 18.1. The van der Waals surface area contributed by atoms with Crippen LogP contribution in [0.4, 0.5) is 0 Å². The summed E-state index contributed by atoms with van der Waals surface area (Å²) >= 11 is 0. The Morgan fingerprint density at radius 2 is 1.93 bits per heavy atom. The van der Waals surface area contributed by atoms with Gasteiger partial charge in [0.05, 0.1) is 13.2 Å². The van der Waals surface area contributed by atoms with E-state index in [0.717, 1.165) is 58.0 Å². The second-order valence-corrected chi connectivity index (χ2v) is 7.50. The Kier molecular flexibility index (Phi) is 12.2. The van der Waals surface area contributed by atoms with Crippen LogP contribution in [0.25, 0.3) is 0 Å². The third-order valence-corrected chi connectivity index (χ3v) is 5.31. The predicted molar refractivity (Wildman–Crippen MR) is 114 cm³/mol. The van der Waals surface area contributed by atoms with Crippen molar-refractivity contribution in [3.8, 4) is 11.5 Å². The van der Waals surface area contributed by atoms with Gasteiger partial charge in [-0.25, -0.2) is 0 Å². The molecule has 1 aliphatic heterocycles. The first-order chi connectivity index (χ1) is 14.1. The molecule has 3 rings (SSSR count). The molecule has 1 fully saturated rings. The maximum absolute atomic E-state index is 9.45. The highest BCUT2D eigenvalue weighted by atomic mass is 16.6. The summed E-state index contributed by atoms with van der Waals surface area (Å²) in [4.78, 5) is 0. The molecule has 1 aliphatic carbocycles. The van der Waals surface area contributed by atoms with Crippen molar-refractivity contribution in [1.82, 2.24) is 0 Å². The topological polar surface area (TPSA) is 114 Å². The second-order valence-electron chi connectivity index (χ2n) is 7.50. The maximum atomic E-state index is 9.45. The Morgan fingerprint density at radius 3 is 2.59 bits per heavy atom. The van der Waals surface area contributed by atoms with Gasteiger partial charge in [-0.05, 0) is 49.3 Å². The van der Waals surface area contributed by atoms with E-state index in [-0.39, 0.29) is 12.7 Å². The molecule has 7 nitrogen and oxygen atoms in total. The molecular weight excluding hydrogens is 374 g/mol. The van der Waals surface area contributed by atoms with E-state index in [1.54, 1.807) is 0 Å². The van der Waals surface area contributed by atoms with Crippen molar-refractivity contribution in [1.29, 1.82) is 0 Å². The van der Waals surface area contributed by atoms with Crippen LogP contribution in [0, 0.1) is 0 Å². The lowest BCUT2D eigenvalue weighted by atomic mass is 9.93. The molecule has 168 valence electrons. The van der Waals surface area contributed by atoms with Crippen molar-refractivity contribution in [2.45, 2.75) is 63.0 Å². The first kappa shape index (κ1) is 25.7. The normalized spacial score (nSPS) is 24.8. The minimum atomic E-state index is -0.432. The largest absolute Gasteiger partial charge is 0.486 e. The van der Waals surface area contributed by atoms with Crippen molar-refractivity contribution < 1.29 is 29.5 Å². The van der Waals surface area contributed by atoms with Crippen molar-refractivity contribution in [2.24, 2.45) is 5.73 Å². The number of aliphatic hydroxyl groups excluding tert-OH is 3. The van der Waals surface area contributed by atoms with Crippen molar-refractivity contribution in [3.05, 3.63) is 23.8 Å². The van der Waals surface area contributed by atoms with Gasteiger partial charge in [0.25, 0.3) is 0 Å². The van der Waals surface area contributed by atoms with Gasteiger partial charge in [0.2, 0.25) is 0 Å². The van der Waals surface area contributed by atoms with E-state index in [0.29, 0.717) is 19.1 Å². The van der Waals surface area contributed by atoms with Gasteiger partial charge in [-0.3, -0.25) is 0 Å². The number of ether oxygens (including phenoxy) is 3. The van der Waals surface area contributed by atoms with Gasteiger partial charge >= 0.3 is 0 Å². The zero-order valence-corrected chi connectivity index (χ0v) is 18.1. The summed E-state index contributed by atoms with van der Waals surface area (Å²) < 4.78 is 17.6. The number of nitrogens with two attached hydrogens (primary N) is 1. The number of hydrogen-bond donors (Lipinski definition) is 4. The summed E-state index contributed by atoms with van der Waals surface area (Å²) in [5.41, 5.74) is 6.99. The van der Waals surface area contributed by atoms with E-state index < -0.39 is 5.54 Å². The molecule has 1 heterocycles. The maximum Gasteiger partial charge on any atom is 0.161 e. The summed E-state index contributed by atoms with van der Waals surface area (Å²) in [6, 6.07) is 6.16. The van der Waals surface area contributed by atoms with Crippen LogP contribution in [0.5, 0.6) is 11.5 Å². The lowest BCUT2D eigenvalue weighted by Gasteiger charge is -2.27. The summed E-state index contributed by atoms with van der Waals surface area (Å²) in [7, 11) is 2.00. The first-order valence-corrected chi connectivity index (χ1v) is 10.4. The zero-order chi connectivity index (χ0) is 21.7. The number of unbranched alkanes of at least 4 members (excludes halogenated alkanes) is 2. The van der Waals surface area contributed by atoms with E-state index in [1.165, 1.54) is 18.4 Å². The molecule has 0 amide bonds. The molecule has 0 spiro atoms. The van der Waals surface area contributed by atoms with Crippen LogP contribution in [0.2, 0.25) is 0 Å². The van der Waals surface area contributed by atoms with Crippen LogP contribution in [-0.4, -0.2) is 67.6 Å². The molecule has 0 radical (unpaired) electrons. The fraction of sp³-hybridized carbons (Fsp3) is 0.727. The third-order valence-electron chi connectivity index (χ3n) is 5.31. The van der Waals surface area contributed by atoms with Gasteiger partial charge in [-0.1, -0.05) is 25.8 Å². The van der Waals surface area contributed by atoms with Gasteiger partial charge in [-0.2, -0.15) is 0 Å². The SMILES string of the molecule is CCCCCOCC1COc2cc(C3CCC(N)(CO)C3)ccc2O1.CO.CO. The lowest BCUT2D eigenvalue weighted by Crippen LogP contribution is -2.40. The minimum absolute atomic E-state index is 0.0439. The van der Waals surface area contributed by atoms with Crippen LogP contribution < -0.4 is 15.2 Å². The van der Waals surface area contributed by atoms with E-state index in [4.69, 9.17) is 30.2 Å². The lowest BCUT2D eigenvalue weighted by molar-refractivity contribution is 0.00780. The van der Waals surface area contributed by atoms with E-state index in [9.17, 15) is 5.11 Å². The third kappa shape index (κ3) is 7.75. The standard InChI is InChI=1S/C20H31NO4.2CH4O/c1-2-3-4-9-23-12-17-13-24-19-10-15(5-6-18(19)25-17)16-7-8-20(21,11-16)14-22;2*1-2/h5-6,10,16-17,22H,2-4,7-9,11-14,21H2,1H3;2*2H,1H3.